The fraction of sp³-hybridized carbons (Fsp3) is 0.267. The third-order valence-electron chi connectivity index (χ3n) is 3.08. The number of furan rings is 1. The van der Waals surface area contributed by atoms with Crippen molar-refractivity contribution >= 4 is 23.4 Å². The van der Waals surface area contributed by atoms with Gasteiger partial charge in [0.25, 0.3) is 0 Å². The minimum absolute atomic E-state index is 0.0632. The molecule has 0 spiro atoms. The monoisotopic (exact) mass is 290 g/mol. The summed E-state index contributed by atoms with van der Waals surface area (Å²) in [6, 6.07) is 9.43. The maximum atomic E-state index is 12.1. The summed E-state index contributed by atoms with van der Waals surface area (Å²) in [6.45, 7) is 2.46. The average molecular weight is 290 g/mol. The third-order valence-corrected chi connectivity index (χ3v) is 4.22. The van der Waals surface area contributed by atoms with Crippen LogP contribution in [0.3, 0.4) is 0 Å². The van der Waals surface area contributed by atoms with E-state index >= 15 is 0 Å². The van der Waals surface area contributed by atoms with Crippen molar-refractivity contribution in [2.45, 2.75) is 18.4 Å². The highest BCUT2D eigenvalue weighted by atomic mass is 32.2. The van der Waals surface area contributed by atoms with Crippen molar-refractivity contribution < 1.29 is 9.21 Å². The minimum Gasteiger partial charge on any atom is -0.467 e. The predicted molar refractivity (Wildman–Crippen MR) is 81.5 cm³/mol. The topological polar surface area (TPSA) is 59.5 Å². The lowest BCUT2D eigenvalue weighted by Gasteiger charge is -2.16. The van der Waals surface area contributed by atoms with E-state index in [2.05, 4.69) is 0 Å². The number of anilines is 1. The molecule has 0 aliphatic rings. The van der Waals surface area contributed by atoms with Crippen molar-refractivity contribution in [2.24, 2.45) is 0 Å². The van der Waals surface area contributed by atoms with Crippen molar-refractivity contribution in [3.63, 3.8) is 0 Å². The molecule has 0 fully saturated rings. The molecule has 0 saturated heterocycles. The molecule has 2 N–H and O–H groups in total. The Bertz CT molecular complexity index is 582. The van der Waals surface area contributed by atoms with E-state index in [4.69, 9.17) is 10.2 Å². The van der Waals surface area contributed by atoms with Gasteiger partial charge in [0.2, 0.25) is 5.91 Å². The molecule has 0 unspecified atom stereocenters. The number of nitrogen functional groups attached to an aromatic ring is 1. The Morgan fingerprint density at radius 2 is 2.15 bits per heavy atom. The molecule has 2 rings (SSSR count). The van der Waals surface area contributed by atoms with Crippen LogP contribution in [-0.2, 0) is 11.3 Å². The smallest absolute Gasteiger partial charge is 0.233 e. The Morgan fingerprint density at radius 1 is 1.35 bits per heavy atom. The third kappa shape index (κ3) is 3.57. The molecule has 106 valence electrons. The Labute approximate surface area is 122 Å². The van der Waals surface area contributed by atoms with Gasteiger partial charge in [0.15, 0.2) is 0 Å². The van der Waals surface area contributed by atoms with Gasteiger partial charge in [0.1, 0.15) is 5.76 Å². The highest BCUT2D eigenvalue weighted by Gasteiger charge is 2.12. The van der Waals surface area contributed by atoms with Gasteiger partial charge in [-0.3, -0.25) is 4.79 Å². The first-order valence-electron chi connectivity index (χ1n) is 6.32. The van der Waals surface area contributed by atoms with E-state index in [-0.39, 0.29) is 5.91 Å². The number of rotatable bonds is 5. The summed E-state index contributed by atoms with van der Waals surface area (Å²) in [7, 11) is 1.78. The Balaban J connectivity index is 1.90. The number of hydrogen-bond acceptors (Lipinski definition) is 4. The maximum Gasteiger partial charge on any atom is 0.233 e. The van der Waals surface area contributed by atoms with Gasteiger partial charge in [-0.25, -0.2) is 0 Å². The standard InChI is InChI=1S/C15H18N2O2S/c1-11-13(16)6-3-7-14(11)20-10-15(18)17(2)9-12-5-4-8-19-12/h3-8H,9-10,16H2,1-2H3. The number of amides is 1. The van der Waals surface area contributed by atoms with Crippen molar-refractivity contribution in [3.05, 3.63) is 47.9 Å². The number of carbonyl (C=O) groups is 1. The molecule has 0 aliphatic heterocycles. The molecule has 0 aliphatic carbocycles. The van der Waals surface area contributed by atoms with E-state index in [9.17, 15) is 4.79 Å². The molecule has 0 atom stereocenters. The summed E-state index contributed by atoms with van der Waals surface area (Å²) in [5, 5.41) is 0. The second-order valence-electron chi connectivity index (χ2n) is 4.59. The molecule has 1 aromatic heterocycles. The number of thioether (sulfide) groups is 1. The summed E-state index contributed by atoms with van der Waals surface area (Å²) >= 11 is 1.51. The Morgan fingerprint density at radius 3 is 2.85 bits per heavy atom. The van der Waals surface area contributed by atoms with Crippen molar-refractivity contribution in [3.8, 4) is 0 Å². The average Bonchev–Trinajstić information content (AvgIpc) is 2.93. The highest BCUT2D eigenvalue weighted by molar-refractivity contribution is 8.00. The molecule has 1 amide bonds. The summed E-state index contributed by atoms with van der Waals surface area (Å²) in [6.07, 6.45) is 1.61. The molecular formula is C15H18N2O2S. The van der Waals surface area contributed by atoms with Crippen LogP contribution < -0.4 is 5.73 Å². The zero-order chi connectivity index (χ0) is 14.5. The van der Waals surface area contributed by atoms with Crippen LogP contribution in [0.5, 0.6) is 0 Å². The van der Waals surface area contributed by atoms with Gasteiger partial charge in [-0.1, -0.05) is 6.07 Å². The second kappa shape index (κ2) is 6.52. The Hall–Kier alpha value is -1.88. The highest BCUT2D eigenvalue weighted by Crippen LogP contribution is 2.26. The molecule has 0 bridgehead atoms. The van der Waals surface area contributed by atoms with Crippen LogP contribution in [0, 0.1) is 6.92 Å². The van der Waals surface area contributed by atoms with Crippen molar-refractivity contribution in [1.29, 1.82) is 0 Å². The lowest BCUT2D eigenvalue weighted by Crippen LogP contribution is -2.27. The molecule has 0 saturated carbocycles. The predicted octanol–water partition coefficient (Wildman–Crippen LogP) is 2.92. The van der Waals surface area contributed by atoms with Gasteiger partial charge in [0.05, 0.1) is 18.6 Å². The number of benzene rings is 1. The van der Waals surface area contributed by atoms with Crippen molar-refractivity contribution in [1.82, 2.24) is 4.90 Å². The zero-order valence-corrected chi connectivity index (χ0v) is 12.4. The van der Waals surface area contributed by atoms with Crippen LogP contribution in [0.2, 0.25) is 0 Å². The van der Waals surface area contributed by atoms with E-state index in [1.165, 1.54) is 11.8 Å². The van der Waals surface area contributed by atoms with Gasteiger partial charge < -0.3 is 15.1 Å². The minimum atomic E-state index is 0.0632. The van der Waals surface area contributed by atoms with E-state index in [0.29, 0.717) is 12.3 Å². The molecule has 20 heavy (non-hydrogen) atoms. The van der Waals surface area contributed by atoms with Gasteiger partial charge in [-0.15, -0.1) is 11.8 Å². The number of carbonyl (C=O) groups excluding carboxylic acids is 1. The molecule has 0 radical (unpaired) electrons. The number of hydrogen-bond donors (Lipinski definition) is 1. The van der Waals surface area contributed by atoms with Crippen LogP contribution >= 0.6 is 11.8 Å². The summed E-state index contributed by atoms with van der Waals surface area (Å²) in [5.74, 6) is 1.24. The van der Waals surface area contributed by atoms with E-state index in [0.717, 1.165) is 21.9 Å². The first kappa shape index (κ1) is 14.5. The maximum absolute atomic E-state index is 12.1. The largest absolute Gasteiger partial charge is 0.467 e. The van der Waals surface area contributed by atoms with E-state index in [1.54, 1.807) is 18.2 Å². The first-order chi connectivity index (χ1) is 9.58. The van der Waals surface area contributed by atoms with Gasteiger partial charge in [-0.05, 0) is 36.8 Å². The fourth-order valence-electron chi connectivity index (χ4n) is 1.76. The van der Waals surface area contributed by atoms with Gasteiger partial charge >= 0.3 is 0 Å². The second-order valence-corrected chi connectivity index (χ2v) is 5.61. The van der Waals surface area contributed by atoms with Crippen LogP contribution in [-0.4, -0.2) is 23.6 Å². The first-order valence-corrected chi connectivity index (χ1v) is 7.30. The summed E-state index contributed by atoms with van der Waals surface area (Å²) < 4.78 is 5.23. The Kier molecular flexibility index (Phi) is 4.74. The van der Waals surface area contributed by atoms with Gasteiger partial charge in [-0.2, -0.15) is 0 Å². The lowest BCUT2D eigenvalue weighted by atomic mass is 10.2. The van der Waals surface area contributed by atoms with E-state index in [1.807, 2.05) is 37.3 Å². The molecular weight excluding hydrogens is 272 g/mol. The number of nitrogens with zero attached hydrogens (tertiary/aromatic N) is 1. The summed E-state index contributed by atoms with van der Waals surface area (Å²) in [5.41, 5.74) is 7.64. The molecule has 2 aromatic rings. The van der Waals surface area contributed by atoms with Gasteiger partial charge in [0, 0.05) is 17.6 Å². The van der Waals surface area contributed by atoms with Crippen LogP contribution in [0.4, 0.5) is 5.69 Å². The molecule has 1 heterocycles. The molecule has 1 aromatic carbocycles. The molecule has 5 heteroatoms. The molecule has 4 nitrogen and oxygen atoms in total. The number of nitrogens with two attached hydrogens (primary N) is 1. The van der Waals surface area contributed by atoms with Crippen LogP contribution in [0.25, 0.3) is 0 Å². The zero-order valence-electron chi connectivity index (χ0n) is 11.6. The van der Waals surface area contributed by atoms with Crippen LogP contribution in [0.1, 0.15) is 11.3 Å². The fourth-order valence-corrected chi connectivity index (χ4v) is 2.77. The quantitative estimate of drug-likeness (QED) is 0.679. The summed E-state index contributed by atoms with van der Waals surface area (Å²) in [4.78, 5) is 14.8. The van der Waals surface area contributed by atoms with E-state index < -0.39 is 0 Å². The van der Waals surface area contributed by atoms with Crippen molar-refractivity contribution in [2.75, 3.05) is 18.5 Å². The normalized spacial score (nSPS) is 10.5. The lowest BCUT2D eigenvalue weighted by molar-refractivity contribution is -0.127. The SMILES string of the molecule is Cc1c(N)cccc1SCC(=O)N(C)Cc1ccco1. The van der Waals surface area contributed by atoms with Crippen LogP contribution in [0.15, 0.2) is 45.9 Å².